The van der Waals surface area contributed by atoms with Crippen LogP contribution in [0.15, 0.2) is 16.7 Å². The lowest BCUT2D eigenvalue weighted by Gasteiger charge is -2.37. The van der Waals surface area contributed by atoms with Gasteiger partial charge >= 0.3 is 0 Å². The number of amides is 2. The molecule has 0 spiro atoms. The average Bonchev–Trinajstić information content (AvgIpc) is 2.64. The number of pyridine rings is 1. The zero-order valence-electron chi connectivity index (χ0n) is 16.0. The van der Waals surface area contributed by atoms with Gasteiger partial charge in [0.05, 0.1) is 19.2 Å². The van der Waals surface area contributed by atoms with Crippen molar-refractivity contribution in [3.8, 4) is 5.88 Å². The first-order valence-electron chi connectivity index (χ1n) is 8.75. The molecule has 3 atom stereocenters. The predicted octanol–water partition coefficient (Wildman–Crippen LogP) is 1.17. The van der Waals surface area contributed by atoms with Crippen molar-refractivity contribution in [2.45, 2.75) is 26.0 Å². The molecule has 2 heterocycles. The summed E-state index contributed by atoms with van der Waals surface area (Å²) in [5.74, 6) is -0.257. The summed E-state index contributed by atoms with van der Waals surface area (Å²) in [5.41, 5.74) is 0.326. The lowest BCUT2D eigenvalue weighted by atomic mass is 10.00. The summed E-state index contributed by atoms with van der Waals surface area (Å²) in [5, 5.41) is 9.58. The normalized spacial score (nSPS) is 21.0. The van der Waals surface area contributed by atoms with E-state index in [1.807, 2.05) is 6.92 Å². The van der Waals surface area contributed by atoms with E-state index in [0.717, 1.165) is 0 Å². The van der Waals surface area contributed by atoms with E-state index < -0.39 is 0 Å². The number of aliphatic hydroxyl groups excluding tert-OH is 1. The molecule has 0 saturated carbocycles. The molecule has 2 rings (SSSR count). The molecule has 0 aromatic carbocycles. The highest BCUT2D eigenvalue weighted by Crippen LogP contribution is 2.28. The zero-order chi connectivity index (χ0) is 20.1. The quantitative estimate of drug-likeness (QED) is 0.709. The fourth-order valence-corrected chi connectivity index (χ4v) is 3.23. The highest BCUT2D eigenvalue weighted by molar-refractivity contribution is 9.10. The number of methoxy groups -OCH3 is 1. The summed E-state index contributed by atoms with van der Waals surface area (Å²) in [7, 11) is 3.16. The molecule has 8 nitrogen and oxygen atoms in total. The summed E-state index contributed by atoms with van der Waals surface area (Å²) < 4.78 is 11.6. The predicted molar refractivity (Wildman–Crippen MR) is 103 cm³/mol. The summed E-state index contributed by atoms with van der Waals surface area (Å²) >= 11 is 3.34. The van der Waals surface area contributed by atoms with Crippen LogP contribution in [0.25, 0.3) is 0 Å². The Balaban J connectivity index is 2.36. The standard InChI is InChI=1S/C18H26BrN3O5/c1-11-7-22(12(2)9-23)18(25)14-5-13(19)6-20-17(14)27-15(11)8-21(3)16(24)10-26-4/h5-6,11-12,15,23H,7-10H2,1-4H3/t11-,12+,15-/m0/s1. The first kappa shape index (κ1) is 21.6. The SMILES string of the molecule is COCC(=O)N(C)C[C@@H]1Oc2ncc(Br)cc2C(=O)N([C@H](C)CO)C[C@@H]1C. The average molecular weight is 444 g/mol. The maximum atomic E-state index is 13.0. The zero-order valence-corrected chi connectivity index (χ0v) is 17.6. The smallest absolute Gasteiger partial charge is 0.259 e. The Kier molecular flexibility index (Phi) is 7.58. The number of carbonyl (C=O) groups is 2. The van der Waals surface area contributed by atoms with E-state index in [-0.39, 0.29) is 49.0 Å². The van der Waals surface area contributed by atoms with E-state index in [1.54, 1.807) is 36.0 Å². The van der Waals surface area contributed by atoms with Crippen LogP contribution in [-0.4, -0.2) is 84.3 Å². The van der Waals surface area contributed by atoms with Gasteiger partial charge in [0.25, 0.3) is 5.91 Å². The third-order valence-corrected chi connectivity index (χ3v) is 5.07. The summed E-state index contributed by atoms with van der Waals surface area (Å²) in [6.45, 7) is 4.31. The van der Waals surface area contributed by atoms with Crippen molar-refractivity contribution < 1.29 is 24.2 Å². The van der Waals surface area contributed by atoms with Gasteiger partial charge in [-0.2, -0.15) is 0 Å². The second-order valence-corrected chi connectivity index (χ2v) is 7.75. The van der Waals surface area contributed by atoms with Crippen molar-refractivity contribution in [2.24, 2.45) is 5.92 Å². The Morgan fingerprint density at radius 2 is 2.30 bits per heavy atom. The van der Waals surface area contributed by atoms with Gasteiger partial charge in [0, 0.05) is 37.3 Å². The molecule has 9 heteroatoms. The van der Waals surface area contributed by atoms with Crippen LogP contribution in [0.2, 0.25) is 0 Å². The Bertz CT molecular complexity index is 687. The van der Waals surface area contributed by atoms with Gasteiger partial charge in [-0.15, -0.1) is 0 Å². The van der Waals surface area contributed by atoms with Gasteiger partial charge in [-0.1, -0.05) is 6.92 Å². The van der Waals surface area contributed by atoms with E-state index in [0.29, 0.717) is 23.1 Å². The molecule has 0 aliphatic carbocycles. The number of hydrogen-bond acceptors (Lipinski definition) is 6. The summed E-state index contributed by atoms with van der Waals surface area (Å²) in [6, 6.07) is 1.31. The molecule has 0 fully saturated rings. The van der Waals surface area contributed by atoms with Crippen LogP contribution in [0.5, 0.6) is 5.88 Å². The molecule has 2 amide bonds. The van der Waals surface area contributed by atoms with Crippen molar-refractivity contribution in [3.05, 3.63) is 22.3 Å². The maximum Gasteiger partial charge on any atom is 0.259 e. The van der Waals surface area contributed by atoms with Gasteiger partial charge in [-0.05, 0) is 28.9 Å². The van der Waals surface area contributed by atoms with E-state index in [1.165, 1.54) is 7.11 Å². The van der Waals surface area contributed by atoms with Crippen molar-refractivity contribution in [1.82, 2.24) is 14.8 Å². The fourth-order valence-electron chi connectivity index (χ4n) is 2.90. The van der Waals surface area contributed by atoms with E-state index in [4.69, 9.17) is 9.47 Å². The molecule has 0 saturated heterocycles. The molecule has 27 heavy (non-hydrogen) atoms. The highest BCUT2D eigenvalue weighted by Gasteiger charge is 2.34. The third-order valence-electron chi connectivity index (χ3n) is 4.64. The van der Waals surface area contributed by atoms with Crippen molar-refractivity contribution in [2.75, 3.05) is 40.5 Å². The molecule has 0 unspecified atom stereocenters. The molecule has 1 aliphatic heterocycles. The number of ether oxygens (including phenoxy) is 2. The van der Waals surface area contributed by atoms with Crippen LogP contribution in [-0.2, 0) is 9.53 Å². The number of likely N-dealkylation sites (N-methyl/N-ethyl adjacent to an activating group) is 1. The minimum Gasteiger partial charge on any atom is -0.472 e. The first-order chi connectivity index (χ1) is 12.8. The van der Waals surface area contributed by atoms with Crippen LogP contribution in [0.4, 0.5) is 0 Å². The van der Waals surface area contributed by atoms with E-state index in [9.17, 15) is 14.7 Å². The minimum absolute atomic E-state index is 0.00839. The Morgan fingerprint density at radius 1 is 1.59 bits per heavy atom. The number of carbonyl (C=O) groups excluding carboxylic acids is 2. The second-order valence-electron chi connectivity index (χ2n) is 6.84. The molecular formula is C18H26BrN3O5. The van der Waals surface area contributed by atoms with Gasteiger partial charge in [0.15, 0.2) is 0 Å². The second kappa shape index (κ2) is 9.48. The Morgan fingerprint density at radius 3 is 2.93 bits per heavy atom. The minimum atomic E-state index is -0.371. The lowest BCUT2D eigenvalue weighted by Crippen LogP contribution is -2.50. The number of aliphatic hydroxyl groups is 1. The van der Waals surface area contributed by atoms with Crippen molar-refractivity contribution in [1.29, 1.82) is 0 Å². The molecule has 0 radical (unpaired) electrons. The van der Waals surface area contributed by atoms with Crippen LogP contribution in [0.1, 0.15) is 24.2 Å². The van der Waals surface area contributed by atoms with Gasteiger partial charge in [-0.3, -0.25) is 9.59 Å². The number of rotatable bonds is 6. The number of halogens is 1. The monoisotopic (exact) mass is 443 g/mol. The number of fused-ring (bicyclic) bond motifs is 1. The summed E-state index contributed by atoms with van der Waals surface area (Å²) in [4.78, 5) is 32.5. The van der Waals surface area contributed by atoms with Gasteiger partial charge in [0.2, 0.25) is 11.8 Å². The third kappa shape index (κ3) is 5.18. The van der Waals surface area contributed by atoms with Gasteiger partial charge < -0.3 is 24.4 Å². The Hall–Kier alpha value is -1.71. The van der Waals surface area contributed by atoms with E-state index >= 15 is 0 Å². The topological polar surface area (TPSA) is 92.2 Å². The van der Waals surface area contributed by atoms with Crippen LogP contribution >= 0.6 is 15.9 Å². The van der Waals surface area contributed by atoms with Crippen LogP contribution < -0.4 is 4.74 Å². The first-order valence-corrected chi connectivity index (χ1v) is 9.54. The van der Waals surface area contributed by atoms with Crippen molar-refractivity contribution in [3.63, 3.8) is 0 Å². The largest absolute Gasteiger partial charge is 0.472 e. The Labute approximate surface area is 167 Å². The molecule has 150 valence electrons. The molecular weight excluding hydrogens is 418 g/mol. The van der Waals surface area contributed by atoms with Crippen LogP contribution in [0, 0.1) is 5.92 Å². The molecule has 0 bridgehead atoms. The number of nitrogens with zero attached hydrogens (tertiary/aromatic N) is 3. The number of hydrogen-bond donors (Lipinski definition) is 1. The van der Waals surface area contributed by atoms with Crippen molar-refractivity contribution >= 4 is 27.7 Å². The molecule has 1 N–H and O–H groups in total. The summed E-state index contributed by atoms with van der Waals surface area (Å²) in [6.07, 6.45) is 1.19. The molecule has 1 aromatic rings. The molecule has 1 aromatic heterocycles. The lowest BCUT2D eigenvalue weighted by molar-refractivity contribution is -0.135. The fraction of sp³-hybridized carbons (Fsp3) is 0.611. The number of aromatic nitrogens is 1. The van der Waals surface area contributed by atoms with Gasteiger partial charge in [-0.25, -0.2) is 4.98 Å². The molecule has 1 aliphatic rings. The maximum absolute atomic E-state index is 13.0. The van der Waals surface area contributed by atoms with Gasteiger partial charge in [0.1, 0.15) is 18.3 Å². The van der Waals surface area contributed by atoms with E-state index in [2.05, 4.69) is 20.9 Å². The highest BCUT2D eigenvalue weighted by atomic mass is 79.9. The van der Waals surface area contributed by atoms with Crippen LogP contribution in [0.3, 0.4) is 0 Å².